The molecule has 3 nitrogen and oxygen atoms in total. The number of H-pyrrole nitrogens is 1. The van der Waals surface area contributed by atoms with Crippen molar-refractivity contribution in [1.29, 1.82) is 0 Å². The van der Waals surface area contributed by atoms with Crippen LogP contribution in [0, 0.1) is 0 Å². The summed E-state index contributed by atoms with van der Waals surface area (Å²) in [4.78, 5) is 13.0. The van der Waals surface area contributed by atoms with Crippen LogP contribution < -0.4 is 5.76 Å². The molecule has 0 aliphatic carbocycles. The Balaban J connectivity index is 2.68. The predicted octanol–water partition coefficient (Wildman–Crippen LogP) is 2.06. The summed E-state index contributed by atoms with van der Waals surface area (Å²) in [6.45, 7) is 0. The molecular weight excluding hydrogens is 180 g/mol. The molecule has 0 spiro atoms. The van der Waals surface area contributed by atoms with Crippen molar-refractivity contribution in [2.75, 3.05) is 0 Å². The topological polar surface area (TPSA) is 46.0 Å². The SMILES string of the molecule is O=c1[nH]c2ccc(C(F)F)cc2o1. The highest BCUT2D eigenvalue weighted by atomic mass is 19.3. The number of nitrogens with one attached hydrogen (secondary N) is 1. The first-order valence-corrected chi connectivity index (χ1v) is 3.58. The second kappa shape index (κ2) is 2.69. The van der Waals surface area contributed by atoms with E-state index in [-0.39, 0.29) is 11.1 Å². The fraction of sp³-hybridized carbons (Fsp3) is 0.125. The molecule has 1 aromatic heterocycles. The van der Waals surface area contributed by atoms with E-state index in [9.17, 15) is 13.6 Å². The average Bonchev–Trinajstić information content (AvgIpc) is 2.42. The van der Waals surface area contributed by atoms with Gasteiger partial charge >= 0.3 is 5.76 Å². The number of fused-ring (bicyclic) bond motifs is 1. The highest BCUT2D eigenvalue weighted by Crippen LogP contribution is 2.21. The minimum atomic E-state index is -2.55. The molecule has 0 bridgehead atoms. The molecule has 0 fully saturated rings. The van der Waals surface area contributed by atoms with E-state index in [4.69, 9.17) is 0 Å². The van der Waals surface area contributed by atoms with Crippen LogP contribution in [0.25, 0.3) is 11.1 Å². The second-order valence-electron chi connectivity index (χ2n) is 2.57. The van der Waals surface area contributed by atoms with Crippen molar-refractivity contribution in [3.63, 3.8) is 0 Å². The van der Waals surface area contributed by atoms with Crippen LogP contribution in [-0.4, -0.2) is 4.98 Å². The van der Waals surface area contributed by atoms with Crippen molar-refractivity contribution in [3.8, 4) is 0 Å². The van der Waals surface area contributed by atoms with Crippen LogP contribution in [0.15, 0.2) is 27.4 Å². The monoisotopic (exact) mass is 185 g/mol. The van der Waals surface area contributed by atoms with Crippen LogP contribution in [0.3, 0.4) is 0 Å². The largest absolute Gasteiger partial charge is 0.417 e. The highest BCUT2D eigenvalue weighted by Gasteiger charge is 2.09. The van der Waals surface area contributed by atoms with Gasteiger partial charge in [0.1, 0.15) is 0 Å². The van der Waals surface area contributed by atoms with Gasteiger partial charge in [-0.15, -0.1) is 0 Å². The Labute approximate surface area is 71.0 Å². The number of aromatic nitrogens is 1. The maximum absolute atomic E-state index is 12.2. The third-order valence-electron chi connectivity index (χ3n) is 1.70. The van der Waals surface area contributed by atoms with Gasteiger partial charge in [0.25, 0.3) is 6.43 Å². The molecule has 5 heteroatoms. The lowest BCUT2D eigenvalue weighted by Crippen LogP contribution is -1.92. The number of hydrogen-bond donors (Lipinski definition) is 1. The maximum atomic E-state index is 12.2. The number of aromatic amines is 1. The van der Waals surface area contributed by atoms with Crippen LogP contribution in [0.5, 0.6) is 0 Å². The lowest BCUT2D eigenvalue weighted by molar-refractivity contribution is 0.151. The van der Waals surface area contributed by atoms with E-state index in [0.717, 1.165) is 6.07 Å². The van der Waals surface area contributed by atoms with Crippen LogP contribution in [-0.2, 0) is 0 Å². The second-order valence-corrected chi connectivity index (χ2v) is 2.57. The third kappa shape index (κ3) is 1.32. The number of alkyl halides is 2. The Morgan fingerprint density at radius 3 is 2.85 bits per heavy atom. The van der Waals surface area contributed by atoms with E-state index in [1.165, 1.54) is 12.1 Å². The molecular formula is C8H5F2NO2. The molecule has 1 aromatic carbocycles. The maximum Gasteiger partial charge on any atom is 0.417 e. The summed E-state index contributed by atoms with van der Waals surface area (Å²) in [5.41, 5.74) is 0.424. The van der Waals surface area contributed by atoms with Crippen LogP contribution >= 0.6 is 0 Å². The number of halogens is 2. The minimum Gasteiger partial charge on any atom is -0.408 e. The molecule has 0 saturated carbocycles. The predicted molar refractivity (Wildman–Crippen MR) is 41.8 cm³/mol. The number of benzene rings is 1. The van der Waals surface area contributed by atoms with Gasteiger partial charge in [0.2, 0.25) is 0 Å². The molecule has 1 N–H and O–H groups in total. The summed E-state index contributed by atoms with van der Waals surface area (Å²) in [6, 6.07) is 3.79. The summed E-state index contributed by atoms with van der Waals surface area (Å²) in [5, 5.41) is 0. The van der Waals surface area contributed by atoms with Gasteiger partial charge in [0.15, 0.2) is 5.58 Å². The van der Waals surface area contributed by atoms with Gasteiger partial charge in [-0.3, -0.25) is 4.98 Å². The Hall–Kier alpha value is -1.65. The quantitative estimate of drug-likeness (QED) is 0.739. The Bertz CT molecular complexity index is 486. The fourth-order valence-corrected chi connectivity index (χ4v) is 1.10. The van der Waals surface area contributed by atoms with Gasteiger partial charge in [-0.1, -0.05) is 6.07 Å². The van der Waals surface area contributed by atoms with Crippen LogP contribution in [0.4, 0.5) is 8.78 Å². The first-order valence-electron chi connectivity index (χ1n) is 3.58. The van der Waals surface area contributed by atoms with Crippen molar-refractivity contribution in [3.05, 3.63) is 34.3 Å². The Morgan fingerprint density at radius 2 is 2.15 bits per heavy atom. The molecule has 2 rings (SSSR count). The molecule has 0 amide bonds. The van der Waals surface area contributed by atoms with Crippen molar-refractivity contribution in [2.24, 2.45) is 0 Å². The van der Waals surface area contributed by atoms with E-state index in [1.807, 2.05) is 0 Å². The van der Waals surface area contributed by atoms with Crippen molar-refractivity contribution >= 4 is 11.1 Å². The van der Waals surface area contributed by atoms with Gasteiger partial charge in [-0.25, -0.2) is 13.6 Å². The van der Waals surface area contributed by atoms with Gasteiger partial charge in [-0.05, 0) is 12.1 Å². The number of oxazole rings is 1. The van der Waals surface area contributed by atoms with Gasteiger partial charge < -0.3 is 4.42 Å². The molecule has 0 unspecified atom stereocenters. The Kier molecular flexibility index (Phi) is 1.65. The minimum absolute atomic E-state index is 0.155. The molecule has 2 aromatic rings. The molecule has 68 valence electrons. The van der Waals surface area contributed by atoms with E-state index < -0.39 is 12.2 Å². The zero-order valence-corrected chi connectivity index (χ0v) is 6.38. The lowest BCUT2D eigenvalue weighted by Gasteiger charge is -1.96. The molecule has 1 heterocycles. The fourth-order valence-electron chi connectivity index (χ4n) is 1.10. The zero-order chi connectivity index (χ0) is 9.42. The molecule has 0 radical (unpaired) electrons. The van der Waals surface area contributed by atoms with Gasteiger partial charge in [-0.2, -0.15) is 0 Å². The lowest BCUT2D eigenvalue weighted by atomic mass is 10.2. The van der Waals surface area contributed by atoms with E-state index in [1.54, 1.807) is 0 Å². The number of hydrogen-bond acceptors (Lipinski definition) is 2. The van der Waals surface area contributed by atoms with Crippen LogP contribution in [0.1, 0.15) is 12.0 Å². The van der Waals surface area contributed by atoms with Crippen molar-refractivity contribution in [2.45, 2.75) is 6.43 Å². The summed E-state index contributed by atoms with van der Waals surface area (Å²) >= 11 is 0. The van der Waals surface area contributed by atoms with Gasteiger partial charge in [0.05, 0.1) is 5.52 Å². The van der Waals surface area contributed by atoms with Crippen LogP contribution in [0.2, 0.25) is 0 Å². The highest BCUT2D eigenvalue weighted by molar-refractivity contribution is 5.72. The smallest absolute Gasteiger partial charge is 0.408 e. The first-order chi connectivity index (χ1) is 6.16. The molecule has 0 aliphatic rings. The molecule has 0 atom stereocenters. The van der Waals surface area contributed by atoms with E-state index in [0.29, 0.717) is 5.52 Å². The molecule has 13 heavy (non-hydrogen) atoms. The van der Waals surface area contributed by atoms with E-state index in [2.05, 4.69) is 9.40 Å². The van der Waals surface area contributed by atoms with E-state index >= 15 is 0 Å². The normalized spacial score (nSPS) is 11.3. The molecule has 0 aliphatic heterocycles. The Morgan fingerprint density at radius 1 is 1.38 bits per heavy atom. The number of rotatable bonds is 1. The third-order valence-corrected chi connectivity index (χ3v) is 1.70. The van der Waals surface area contributed by atoms with Crippen molar-refractivity contribution in [1.82, 2.24) is 4.98 Å². The summed E-state index contributed by atoms with van der Waals surface area (Å²) in [7, 11) is 0. The standard InChI is InChI=1S/C8H5F2NO2/c9-7(10)4-1-2-5-6(3-4)13-8(12)11-5/h1-3,7H,(H,11,12). The summed E-state index contributed by atoms with van der Waals surface area (Å²) in [5.74, 6) is -0.638. The summed E-state index contributed by atoms with van der Waals surface area (Å²) < 4.78 is 29.0. The van der Waals surface area contributed by atoms with Gasteiger partial charge in [0, 0.05) is 5.56 Å². The molecule has 0 saturated heterocycles. The first kappa shape index (κ1) is 7.97. The van der Waals surface area contributed by atoms with Crippen molar-refractivity contribution < 1.29 is 13.2 Å². The summed E-state index contributed by atoms with van der Waals surface area (Å²) in [6.07, 6.45) is -2.55. The average molecular weight is 185 g/mol. The zero-order valence-electron chi connectivity index (χ0n) is 6.38.